The van der Waals surface area contributed by atoms with Gasteiger partial charge in [0.25, 0.3) is 6.43 Å². The van der Waals surface area contributed by atoms with Gasteiger partial charge in [-0.3, -0.25) is 4.90 Å². The average molecular weight is 431 g/mol. The Balaban J connectivity index is 1.51. The van der Waals surface area contributed by atoms with E-state index in [1.54, 1.807) is 18.2 Å². The number of anilines is 1. The number of rotatable bonds is 6. The Morgan fingerprint density at radius 2 is 1.93 bits per heavy atom. The first kappa shape index (κ1) is 21.0. The number of aromatic nitrogens is 1. The number of likely N-dealkylation sites (N-methyl/N-ethyl adjacent to an activating group) is 1. The number of hydrogen-bond acceptors (Lipinski definition) is 4. The molecule has 1 aliphatic rings. The van der Waals surface area contributed by atoms with E-state index in [1.807, 2.05) is 6.07 Å². The topological polar surface area (TPSA) is 31.4 Å². The van der Waals surface area contributed by atoms with E-state index in [4.69, 9.17) is 11.6 Å². The molecule has 0 spiro atoms. The van der Waals surface area contributed by atoms with Crippen LogP contribution in [0.15, 0.2) is 54.6 Å². The van der Waals surface area contributed by atoms with Gasteiger partial charge in [-0.05, 0) is 36.9 Å². The molecule has 1 atom stereocenters. The molecule has 1 aromatic heterocycles. The maximum atomic E-state index is 13.3. The predicted octanol–water partition coefficient (Wildman–Crippen LogP) is 5.23. The molecule has 2 heterocycles. The fourth-order valence-electron chi connectivity index (χ4n) is 4.03. The Labute approximate surface area is 180 Å². The number of pyridine rings is 1. The first-order chi connectivity index (χ1) is 14.5. The zero-order chi connectivity index (χ0) is 21.1. The lowest BCUT2D eigenvalue weighted by atomic mass is 10.0. The van der Waals surface area contributed by atoms with E-state index < -0.39 is 6.43 Å². The number of hydrogen-bond donors (Lipinski definition) is 1. The molecule has 0 radical (unpaired) electrons. The Kier molecular flexibility index (Phi) is 6.46. The molecule has 7 heteroatoms. The van der Waals surface area contributed by atoms with E-state index in [1.165, 1.54) is 11.6 Å². The van der Waals surface area contributed by atoms with Crippen LogP contribution in [0.25, 0.3) is 10.9 Å². The summed E-state index contributed by atoms with van der Waals surface area (Å²) in [6.45, 7) is 4.38. The van der Waals surface area contributed by atoms with Crippen molar-refractivity contribution in [1.82, 2.24) is 14.8 Å². The molecule has 4 rings (SSSR count). The van der Waals surface area contributed by atoms with Gasteiger partial charge in [-0.2, -0.15) is 0 Å². The summed E-state index contributed by atoms with van der Waals surface area (Å²) in [5.41, 5.74) is 2.23. The van der Waals surface area contributed by atoms with Gasteiger partial charge in [-0.15, -0.1) is 0 Å². The van der Waals surface area contributed by atoms with Crippen LogP contribution < -0.4 is 5.32 Å². The normalized spacial score (nSPS) is 18.2. The summed E-state index contributed by atoms with van der Waals surface area (Å²) < 4.78 is 26.6. The first-order valence-electron chi connectivity index (χ1n) is 10.1. The van der Waals surface area contributed by atoms with Crippen molar-refractivity contribution in [3.05, 3.63) is 70.9 Å². The van der Waals surface area contributed by atoms with Crippen LogP contribution in [-0.2, 0) is 0 Å². The van der Waals surface area contributed by atoms with Crippen molar-refractivity contribution in [1.29, 1.82) is 0 Å². The number of nitrogens with one attached hydrogen (secondary N) is 1. The molecule has 0 amide bonds. The Bertz CT molecular complexity index is 999. The summed E-state index contributed by atoms with van der Waals surface area (Å²) in [6, 6.07) is 17.4. The van der Waals surface area contributed by atoms with Gasteiger partial charge in [-0.1, -0.05) is 41.9 Å². The second-order valence-corrected chi connectivity index (χ2v) is 8.14. The second-order valence-electron chi connectivity index (χ2n) is 7.71. The summed E-state index contributed by atoms with van der Waals surface area (Å²) in [7, 11) is 2.14. The lowest BCUT2D eigenvalue weighted by Gasteiger charge is -2.40. The van der Waals surface area contributed by atoms with Crippen molar-refractivity contribution >= 4 is 28.2 Å². The molecule has 1 saturated heterocycles. The highest BCUT2D eigenvalue weighted by atomic mass is 35.5. The van der Waals surface area contributed by atoms with E-state index in [2.05, 4.69) is 51.4 Å². The smallest absolute Gasteiger partial charge is 0.280 e. The van der Waals surface area contributed by atoms with Crippen molar-refractivity contribution in [3.8, 4) is 0 Å². The van der Waals surface area contributed by atoms with Crippen LogP contribution in [0.5, 0.6) is 0 Å². The molecule has 1 unspecified atom stereocenters. The molecular weight excluding hydrogens is 406 g/mol. The van der Waals surface area contributed by atoms with Gasteiger partial charge in [0.2, 0.25) is 0 Å². The van der Waals surface area contributed by atoms with Crippen LogP contribution in [0.4, 0.5) is 14.5 Å². The molecule has 0 saturated carbocycles. The third-order valence-corrected chi connectivity index (χ3v) is 5.84. The summed E-state index contributed by atoms with van der Waals surface area (Å²) >= 11 is 6.13. The first-order valence-corrected chi connectivity index (χ1v) is 10.5. The summed E-state index contributed by atoms with van der Waals surface area (Å²) in [6.07, 6.45) is -2.62. The zero-order valence-corrected chi connectivity index (χ0v) is 17.6. The molecule has 1 N–H and O–H groups in total. The number of alkyl halides is 2. The molecule has 30 heavy (non-hydrogen) atoms. The van der Waals surface area contributed by atoms with E-state index >= 15 is 0 Å². The standard InChI is InChI=1S/C23H25ClF2N4/c1-29-11-12-30(22(15-29)16-5-3-2-4-6-16)10-9-27-20-14-21(23(25)26)28-19-8-7-17(24)13-18(19)20/h2-8,13-14,22-23H,9-12,15H2,1H3,(H,27,28). The monoisotopic (exact) mass is 430 g/mol. The van der Waals surface area contributed by atoms with Gasteiger partial charge in [0.05, 0.1) is 5.52 Å². The predicted molar refractivity (Wildman–Crippen MR) is 118 cm³/mol. The Morgan fingerprint density at radius 3 is 2.70 bits per heavy atom. The van der Waals surface area contributed by atoms with E-state index in [9.17, 15) is 8.78 Å². The van der Waals surface area contributed by atoms with Crippen LogP contribution >= 0.6 is 11.6 Å². The maximum absolute atomic E-state index is 13.3. The average Bonchev–Trinajstić information content (AvgIpc) is 2.75. The van der Waals surface area contributed by atoms with Gasteiger partial charge < -0.3 is 10.2 Å². The number of halogens is 3. The number of fused-ring (bicyclic) bond motifs is 1. The highest BCUT2D eigenvalue weighted by Gasteiger charge is 2.26. The molecule has 158 valence electrons. The summed E-state index contributed by atoms with van der Waals surface area (Å²) in [4.78, 5) is 8.86. The van der Waals surface area contributed by atoms with Crippen LogP contribution in [0.3, 0.4) is 0 Å². The van der Waals surface area contributed by atoms with Crippen LogP contribution in [-0.4, -0.2) is 54.6 Å². The molecule has 3 aromatic rings. The van der Waals surface area contributed by atoms with Gasteiger partial charge in [0.15, 0.2) is 0 Å². The number of nitrogens with zero attached hydrogens (tertiary/aromatic N) is 3. The van der Waals surface area contributed by atoms with Crippen LogP contribution in [0.2, 0.25) is 5.02 Å². The minimum atomic E-state index is -2.62. The third-order valence-electron chi connectivity index (χ3n) is 5.61. The SMILES string of the molecule is CN1CCN(CCNc2cc(C(F)F)nc3ccc(Cl)cc23)C(c2ccccc2)C1. The van der Waals surface area contributed by atoms with Crippen molar-refractivity contribution in [2.24, 2.45) is 0 Å². The summed E-state index contributed by atoms with van der Waals surface area (Å²) in [5, 5.41) is 4.66. The quantitative estimate of drug-likeness (QED) is 0.580. The minimum Gasteiger partial charge on any atom is -0.383 e. The van der Waals surface area contributed by atoms with Crippen LogP contribution in [0, 0.1) is 0 Å². The zero-order valence-electron chi connectivity index (χ0n) is 16.9. The highest BCUT2D eigenvalue weighted by Crippen LogP contribution is 2.30. The van der Waals surface area contributed by atoms with Gasteiger partial charge in [0, 0.05) is 54.9 Å². The molecular formula is C23H25ClF2N4. The number of piperazine rings is 1. The van der Waals surface area contributed by atoms with Crippen molar-refractivity contribution < 1.29 is 8.78 Å². The van der Waals surface area contributed by atoms with E-state index in [0.29, 0.717) is 28.8 Å². The fourth-order valence-corrected chi connectivity index (χ4v) is 4.20. The second kappa shape index (κ2) is 9.25. The lowest BCUT2D eigenvalue weighted by molar-refractivity contribution is 0.0938. The van der Waals surface area contributed by atoms with Crippen LogP contribution in [0.1, 0.15) is 23.7 Å². The summed E-state index contributed by atoms with van der Waals surface area (Å²) in [5.74, 6) is 0. The molecule has 2 aromatic carbocycles. The Hall–Kier alpha value is -2.28. The van der Waals surface area contributed by atoms with E-state index in [0.717, 1.165) is 31.6 Å². The third kappa shape index (κ3) is 4.72. The largest absolute Gasteiger partial charge is 0.383 e. The number of benzene rings is 2. The molecule has 4 nitrogen and oxygen atoms in total. The van der Waals surface area contributed by atoms with E-state index in [-0.39, 0.29) is 5.69 Å². The minimum absolute atomic E-state index is 0.228. The van der Waals surface area contributed by atoms with Crippen molar-refractivity contribution in [2.75, 3.05) is 45.1 Å². The van der Waals surface area contributed by atoms with Gasteiger partial charge in [-0.25, -0.2) is 13.8 Å². The van der Waals surface area contributed by atoms with Gasteiger partial charge >= 0.3 is 0 Å². The van der Waals surface area contributed by atoms with Crippen molar-refractivity contribution in [3.63, 3.8) is 0 Å². The molecule has 0 bridgehead atoms. The Morgan fingerprint density at radius 1 is 1.13 bits per heavy atom. The fraction of sp³-hybridized carbons (Fsp3) is 0.348. The molecule has 1 aliphatic heterocycles. The lowest BCUT2D eigenvalue weighted by Crippen LogP contribution is -2.48. The van der Waals surface area contributed by atoms with Crippen molar-refractivity contribution in [2.45, 2.75) is 12.5 Å². The maximum Gasteiger partial charge on any atom is 0.280 e. The highest BCUT2D eigenvalue weighted by molar-refractivity contribution is 6.31. The van der Waals surface area contributed by atoms with Gasteiger partial charge in [0.1, 0.15) is 5.69 Å². The molecule has 1 fully saturated rings. The molecule has 0 aliphatic carbocycles.